The molecule has 1 heterocycles. The second kappa shape index (κ2) is 5.97. The van der Waals surface area contributed by atoms with E-state index in [1.54, 1.807) is 24.3 Å². The van der Waals surface area contributed by atoms with E-state index in [0.29, 0.717) is 28.0 Å². The van der Waals surface area contributed by atoms with Crippen molar-refractivity contribution >= 4 is 35.1 Å². The summed E-state index contributed by atoms with van der Waals surface area (Å²) in [5, 5.41) is 1.16. The van der Waals surface area contributed by atoms with Gasteiger partial charge in [-0.1, -0.05) is 47.5 Å². The van der Waals surface area contributed by atoms with E-state index >= 15 is 0 Å². The smallest absolute Gasteiger partial charge is 0.189 e. The van der Waals surface area contributed by atoms with E-state index in [4.69, 9.17) is 27.6 Å². The fourth-order valence-electron chi connectivity index (χ4n) is 2.90. The van der Waals surface area contributed by atoms with Gasteiger partial charge in [0, 0.05) is 28.1 Å². The number of carbonyl (C=O) groups excluding carboxylic acids is 1. The highest BCUT2D eigenvalue weighted by atomic mass is 35.5. The van der Waals surface area contributed by atoms with Crippen molar-refractivity contribution in [2.24, 2.45) is 0 Å². The zero-order valence-corrected chi connectivity index (χ0v) is 14.1. The molecule has 3 aromatic rings. The number of hydrogen-bond acceptors (Lipinski definition) is 2. The molecule has 0 spiro atoms. The Labute approximate surface area is 149 Å². The van der Waals surface area contributed by atoms with E-state index in [9.17, 15) is 4.79 Å². The molecule has 0 N–H and O–H groups in total. The molecule has 0 radical (unpaired) electrons. The van der Waals surface area contributed by atoms with Crippen LogP contribution in [0.2, 0.25) is 10.0 Å². The number of benzene rings is 2. The van der Waals surface area contributed by atoms with Crippen LogP contribution in [0.15, 0.2) is 64.6 Å². The Hall–Kier alpha value is -2.29. The summed E-state index contributed by atoms with van der Waals surface area (Å²) < 4.78 is 5.84. The lowest BCUT2D eigenvalue weighted by molar-refractivity contribution is 0.104. The van der Waals surface area contributed by atoms with Gasteiger partial charge in [-0.2, -0.15) is 0 Å². The van der Waals surface area contributed by atoms with Gasteiger partial charge in [0.2, 0.25) is 0 Å². The van der Waals surface area contributed by atoms with Gasteiger partial charge in [0.05, 0.1) is 5.02 Å². The van der Waals surface area contributed by atoms with Crippen molar-refractivity contribution in [1.29, 1.82) is 0 Å². The molecule has 0 aliphatic heterocycles. The van der Waals surface area contributed by atoms with Crippen LogP contribution in [0.25, 0.3) is 17.4 Å². The lowest BCUT2D eigenvalue weighted by Gasteiger charge is -2.01. The zero-order chi connectivity index (χ0) is 16.7. The van der Waals surface area contributed by atoms with Gasteiger partial charge in [-0.3, -0.25) is 4.79 Å². The van der Waals surface area contributed by atoms with E-state index in [2.05, 4.69) is 0 Å². The maximum Gasteiger partial charge on any atom is 0.189 e. The minimum absolute atomic E-state index is 0.0596. The van der Waals surface area contributed by atoms with E-state index < -0.39 is 0 Å². The number of allylic oxidation sites excluding steroid dienone is 1. The largest absolute Gasteiger partial charge is 0.457 e. The van der Waals surface area contributed by atoms with Crippen molar-refractivity contribution in [3.8, 4) is 11.3 Å². The summed E-state index contributed by atoms with van der Waals surface area (Å²) in [5.74, 6) is 1.30. The molecule has 1 aliphatic rings. The third-order valence-corrected chi connectivity index (χ3v) is 4.64. The first-order valence-electron chi connectivity index (χ1n) is 7.50. The van der Waals surface area contributed by atoms with Crippen LogP contribution < -0.4 is 0 Å². The number of Topliss-reactive ketones (excluding diaryl/α,β-unsaturated/α-hetero) is 1. The van der Waals surface area contributed by atoms with Gasteiger partial charge in [0.25, 0.3) is 0 Å². The average molecular weight is 355 g/mol. The molecule has 0 saturated heterocycles. The molecule has 2 nitrogen and oxygen atoms in total. The number of furan rings is 1. The monoisotopic (exact) mass is 354 g/mol. The van der Waals surface area contributed by atoms with Crippen molar-refractivity contribution in [2.75, 3.05) is 0 Å². The number of rotatable bonds is 2. The van der Waals surface area contributed by atoms with Gasteiger partial charge >= 0.3 is 0 Å². The van der Waals surface area contributed by atoms with E-state index in [-0.39, 0.29) is 5.78 Å². The van der Waals surface area contributed by atoms with Gasteiger partial charge in [0.1, 0.15) is 11.5 Å². The second-order valence-corrected chi connectivity index (χ2v) is 6.50. The summed E-state index contributed by atoms with van der Waals surface area (Å²) in [6.45, 7) is 0. The van der Waals surface area contributed by atoms with E-state index in [1.807, 2.05) is 36.4 Å². The maximum absolute atomic E-state index is 12.4. The first-order chi connectivity index (χ1) is 11.6. The van der Waals surface area contributed by atoms with Gasteiger partial charge < -0.3 is 4.42 Å². The predicted molar refractivity (Wildman–Crippen MR) is 96.6 cm³/mol. The molecule has 0 unspecified atom stereocenters. The van der Waals surface area contributed by atoms with Crippen LogP contribution in [0.3, 0.4) is 0 Å². The van der Waals surface area contributed by atoms with Crippen molar-refractivity contribution < 1.29 is 9.21 Å². The molecule has 1 aliphatic carbocycles. The third-order valence-electron chi connectivity index (χ3n) is 4.07. The Balaban J connectivity index is 1.67. The van der Waals surface area contributed by atoms with Crippen LogP contribution in [0.5, 0.6) is 0 Å². The van der Waals surface area contributed by atoms with Crippen molar-refractivity contribution in [3.63, 3.8) is 0 Å². The summed E-state index contributed by atoms with van der Waals surface area (Å²) in [6, 6.07) is 16.5. The van der Waals surface area contributed by atoms with Gasteiger partial charge in [-0.05, 0) is 42.0 Å². The molecular formula is C20H12Cl2O2. The Bertz CT molecular complexity index is 983. The topological polar surface area (TPSA) is 30.2 Å². The lowest BCUT2D eigenvalue weighted by Crippen LogP contribution is -1.94. The minimum Gasteiger partial charge on any atom is -0.457 e. The standard InChI is InChI=1S/C20H12Cl2O2/c21-14-5-7-18(22)17(11-14)19-8-6-15(24-19)10-13-9-12-3-1-2-4-16(12)20(13)23/h1-8,10-11H,9H2/b13-10+. The molecule has 4 rings (SSSR count). The normalized spacial score (nSPS) is 15.1. The fourth-order valence-corrected chi connectivity index (χ4v) is 3.29. The molecule has 0 atom stereocenters. The second-order valence-electron chi connectivity index (χ2n) is 5.66. The Kier molecular flexibility index (Phi) is 3.79. The summed E-state index contributed by atoms with van der Waals surface area (Å²) in [6.07, 6.45) is 2.42. The molecule has 0 fully saturated rings. The summed E-state index contributed by atoms with van der Waals surface area (Å²) in [5.41, 5.74) is 3.29. The van der Waals surface area contributed by atoms with Crippen molar-refractivity contribution in [2.45, 2.75) is 6.42 Å². The lowest BCUT2D eigenvalue weighted by atomic mass is 10.1. The molecule has 2 aromatic carbocycles. The van der Waals surface area contributed by atoms with E-state index in [0.717, 1.165) is 22.3 Å². The number of ketones is 1. The summed E-state index contributed by atoms with van der Waals surface area (Å²) in [7, 11) is 0. The molecule has 4 heteroatoms. The van der Waals surface area contributed by atoms with Crippen LogP contribution in [0.4, 0.5) is 0 Å². The minimum atomic E-state index is 0.0596. The summed E-state index contributed by atoms with van der Waals surface area (Å²) >= 11 is 12.2. The number of fused-ring (bicyclic) bond motifs is 1. The van der Waals surface area contributed by atoms with Crippen LogP contribution >= 0.6 is 23.2 Å². The molecule has 0 bridgehead atoms. The Morgan fingerprint density at radius 2 is 1.79 bits per heavy atom. The van der Waals surface area contributed by atoms with Crippen LogP contribution in [0, 0.1) is 0 Å². The van der Waals surface area contributed by atoms with Gasteiger partial charge in [-0.25, -0.2) is 0 Å². The highest BCUT2D eigenvalue weighted by Gasteiger charge is 2.24. The number of hydrogen-bond donors (Lipinski definition) is 0. The van der Waals surface area contributed by atoms with Crippen LogP contribution in [-0.2, 0) is 6.42 Å². The van der Waals surface area contributed by atoms with Crippen molar-refractivity contribution in [3.05, 3.63) is 87.1 Å². The highest BCUT2D eigenvalue weighted by Crippen LogP contribution is 2.33. The fraction of sp³-hybridized carbons (Fsp3) is 0.0500. The van der Waals surface area contributed by atoms with Crippen LogP contribution in [0.1, 0.15) is 21.7 Å². The average Bonchev–Trinajstić information content (AvgIpc) is 3.16. The first-order valence-corrected chi connectivity index (χ1v) is 8.26. The van der Waals surface area contributed by atoms with Gasteiger partial charge in [-0.15, -0.1) is 0 Å². The molecule has 24 heavy (non-hydrogen) atoms. The van der Waals surface area contributed by atoms with E-state index in [1.165, 1.54) is 0 Å². The Morgan fingerprint density at radius 3 is 2.62 bits per heavy atom. The first kappa shape index (κ1) is 15.3. The quantitative estimate of drug-likeness (QED) is 0.522. The highest BCUT2D eigenvalue weighted by molar-refractivity contribution is 6.35. The van der Waals surface area contributed by atoms with Gasteiger partial charge in [0.15, 0.2) is 5.78 Å². The maximum atomic E-state index is 12.4. The number of halogens is 2. The molecule has 118 valence electrons. The zero-order valence-electron chi connectivity index (χ0n) is 12.6. The number of carbonyl (C=O) groups is 1. The molecular weight excluding hydrogens is 343 g/mol. The SMILES string of the molecule is O=C1/C(=C/c2ccc(-c3cc(Cl)ccc3Cl)o2)Cc2ccccc21. The molecule has 0 saturated carbocycles. The Morgan fingerprint density at radius 1 is 0.958 bits per heavy atom. The molecule has 1 aromatic heterocycles. The predicted octanol–water partition coefficient (Wildman–Crippen LogP) is 6.08. The van der Waals surface area contributed by atoms with Crippen molar-refractivity contribution in [1.82, 2.24) is 0 Å². The third kappa shape index (κ3) is 2.68. The van der Waals surface area contributed by atoms with Crippen LogP contribution in [-0.4, -0.2) is 5.78 Å². The summed E-state index contributed by atoms with van der Waals surface area (Å²) in [4.78, 5) is 12.4. The molecule has 0 amide bonds.